The van der Waals surface area contributed by atoms with Crippen LogP contribution in [0.25, 0.3) is 0 Å². The van der Waals surface area contributed by atoms with Crippen molar-refractivity contribution in [3.05, 3.63) is 0 Å². The molecular formula is C3H11NaO9P2. The van der Waals surface area contributed by atoms with Gasteiger partial charge in [0.1, 0.15) is 6.10 Å². The first-order valence-electron chi connectivity index (χ1n) is 3.19. The first-order valence-corrected chi connectivity index (χ1v) is 6.22. The number of rotatable bonds is 6. The van der Waals surface area contributed by atoms with E-state index in [0.29, 0.717) is 0 Å². The van der Waals surface area contributed by atoms with Crippen LogP contribution in [-0.2, 0) is 18.0 Å². The average molecular weight is 276 g/mol. The number of aliphatic hydroxyl groups excluding tert-OH is 2. The summed E-state index contributed by atoms with van der Waals surface area (Å²) in [5.41, 5.74) is 0. The first kappa shape index (κ1) is 18.5. The molecule has 0 aromatic carbocycles. The van der Waals surface area contributed by atoms with E-state index in [9.17, 15) is 9.13 Å². The van der Waals surface area contributed by atoms with Crippen molar-refractivity contribution in [3.8, 4) is 0 Å². The van der Waals surface area contributed by atoms with E-state index >= 15 is 0 Å². The van der Waals surface area contributed by atoms with Crippen molar-refractivity contribution in [2.75, 3.05) is 13.2 Å². The van der Waals surface area contributed by atoms with Crippen LogP contribution in [0.1, 0.15) is 0 Å². The van der Waals surface area contributed by atoms with Crippen molar-refractivity contribution in [2.24, 2.45) is 0 Å². The molecule has 0 aromatic heterocycles. The van der Waals surface area contributed by atoms with Crippen LogP contribution < -0.4 is 0 Å². The molecule has 12 heteroatoms. The van der Waals surface area contributed by atoms with Gasteiger partial charge in [0, 0.05) is 0 Å². The van der Waals surface area contributed by atoms with E-state index in [1.807, 2.05) is 0 Å². The van der Waals surface area contributed by atoms with Crippen LogP contribution in [0.3, 0.4) is 0 Å². The van der Waals surface area contributed by atoms with Gasteiger partial charge in [-0.2, -0.15) is 4.31 Å². The summed E-state index contributed by atoms with van der Waals surface area (Å²) in [4.78, 5) is 24.9. The molecule has 0 saturated carbocycles. The van der Waals surface area contributed by atoms with E-state index < -0.39 is 35.0 Å². The van der Waals surface area contributed by atoms with E-state index in [0.717, 1.165) is 0 Å². The fourth-order valence-electron chi connectivity index (χ4n) is 0.391. The summed E-state index contributed by atoms with van der Waals surface area (Å²) in [7, 11) is -10.1. The van der Waals surface area contributed by atoms with Gasteiger partial charge in [0.15, 0.2) is 0 Å². The molecule has 0 aromatic rings. The molecule has 15 heavy (non-hydrogen) atoms. The summed E-state index contributed by atoms with van der Waals surface area (Å²) in [6.07, 6.45) is -1.43. The van der Waals surface area contributed by atoms with E-state index in [2.05, 4.69) is 8.83 Å². The topological polar surface area (TPSA) is 154 Å². The van der Waals surface area contributed by atoms with Gasteiger partial charge in [0.25, 0.3) is 0 Å². The third-order valence-electron chi connectivity index (χ3n) is 0.850. The summed E-state index contributed by atoms with van der Waals surface area (Å²) in [5, 5.41) is 16.9. The minimum atomic E-state index is -5.14. The van der Waals surface area contributed by atoms with Crippen molar-refractivity contribution in [3.63, 3.8) is 0 Å². The van der Waals surface area contributed by atoms with Crippen LogP contribution >= 0.6 is 15.6 Å². The van der Waals surface area contributed by atoms with Gasteiger partial charge in [-0.15, -0.1) is 0 Å². The third-order valence-corrected chi connectivity index (χ3v) is 3.00. The Balaban J connectivity index is 0. The molecule has 5 N–H and O–H groups in total. The quantitative estimate of drug-likeness (QED) is 0.271. The predicted molar refractivity (Wildman–Crippen MR) is 49.1 cm³/mol. The zero-order valence-electron chi connectivity index (χ0n) is 6.76. The molecule has 0 radical (unpaired) electrons. The standard InChI is InChI=1S/C3H10O9P2.Na.H/c4-1-3(5)2-11-14(9,10)12-13(6,7)8;;/h3-5H,1-2H2,(H,9,10)(H2,6,7,8);;. The molecular weight excluding hydrogens is 265 g/mol. The summed E-state index contributed by atoms with van der Waals surface area (Å²) in [6, 6.07) is 0. The van der Waals surface area contributed by atoms with Gasteiger partial charge < -0.3 is 24.9 Å². The molecule has 2 unspecified atom stereocenters. The molecule has 0 aliphatic rings. The zero-order valence-corrected chi connectivity index (χ0v) is 8.54. The monoisotopic (exact) mass is 276 g/mol. The van der Waals surface area contributed by atoms with Crippen molar-refractivity contribution in [2.45, 2.75) is 6.10 Å². The molecule has 0 aliphatic carbocycles. The van der Waals surface area contributed by atoms with E-state index in [1.54, 1.807) is 0 Å². The molecule has 0 spiro atoms. The number of phosphoric acid groups is 2. The van der Waals surface area contributed by atoms with Crippen LogP contribution in [0.4, 0.5) is 0 Å². The number of hydrogen-bond acceptors (Lipinski definition) is 6. The van der Waals surface area contributed by atoms with Gasteiger partial charge >= 0.3 is 45.2 Å². The second-order valence-electron chi connectivity index (χ2n) is 2.17. The second kappa shape index (κ2) is 7.50. The Morgan fingerprint density at radius 2 is 1.67 bits per heavy atom. The fraction of sp³-hybridized carbons (Fsp3) is 1.00. The summed E-state index contributed by atoms with van der Waals surface area (Å²) in [5.74, 6) is 0. The molecule has 0 fully saturated rings. The molecule has 0 aliphatic heterocycles. The predicted octanol–water partition coefficient (Wildman–Crippen LogP) is -2.08. The molecule has 0 heterocycles. The normalized spacial score (nSPS) is 17.7. The molecule has 9 nitrogen and oxygen atoms in total. The third kappa shape index (κ3) is 11.4. The van der Waals surface area contributed by atoms with Gasteiger partial charge in [-0.05, 0) is 0 Å². The number of aliphatic hydroxyl groups is 2. The zero-order chi connectivity index (χ0) is 11.4. The first-order chi connectivity index (χ1) is 6.16. The Bertz CT molecular complexity index is 262. The van der Waals surface area contributed by atoms with Crippen molar-refractivity contribution in [1.29, 1.82) is 0 Å². The summed E-state index contributed by atoms with van der Waals surface area (Å²) < 4.78 is 28.1. The van der Waals surface area contributed by atoms with Gasteiger partial charge in [-0.25, -0.2) is 9.13 Å². The van der Waals surface area contributed by atoms with Crippen molar-refractivity contribution < 1.29 is 42.9 Å². The maximum atomic E-state index is 10.7. The van der Waals surface area contributed by atoms with Crippen LogP contribution in [-0.4, -0.2) is 73.8 Å². The van der Waals surface area contributed by atoms with E-state index in [1.165, 1.54) is 0 Å². The average Bonchev–Trinajstić information content (AvgIpc) is 1.96. The Morgan fingerprint density at radius 1 is 1.20 bits per heavy atom. The minimum absolute atomic E-state index is 0. The number of phosphoric ester groups is 1. The maximum absolute atomic E-state index is 10.7. The fourth-order valence-corrected chi connectivity index (χ4v) is 2.02. The van der Waals surface area contributed by atoms with Crippen LogP contribution in [0.2, 0.25) is 0 Å². The van der Waals surface area contributed by atoms with Crippen molar-refractivity contribution in [1.82, 2.24) is 0 Å². The Morgan fingerprint density at radius 3 is 2.00 bits per heavy atom. The molecule has 88 valence electrons. The van der Waals surface area contributed by atoms with Crippen LogP contribution in [0.15, 0.2) is 0 Å². The van der Waals surface area contributed by atoms with Crippen LogP contribution in [0.5, 0.6) is 0 Å². The molecule has 2 atom stereocenters. The summed E-state index contributed by atoms with van der Waals surface area (Å²) >= 11 is 0. The Labute approximate surface area is 107 Å². The van der Waals surface area contributed by atoms with Gasteiger partial charge in [-0.3, -0.25) is 4.52 Å². The SMILES string of the molecule is O=P(O)(O)OP(=O)(O)OCC(O)CO.[NaH]. The van der Waals surface area contributed by atoms with Gasteiger partial charge in [-0.1, -0.05) is 0 Å². The van der Waals surface area contributed by atoms with Gasteiger partial charge in [0.05, 0.1) is 13.2 Å². The Kier molecular flexibility index (Phi) is 9.27. The van der Waals surface area contributed by atoms with Gasteiger partial charge in [0.2, 0.25) is 0 Å². The van der Waals surface area contributed by atoms with E-state index in [-0.39, 0.29) is 29.6 Å². The molecule has 0 saturated heterocycles. The van der Waals surface area contributed by atoms with E-state index in [4.69, 9.17) is 24.9 Å². The summed E-state index contributed by atoms with van der Waals surface area (Å²) in [6.45, 7) is -1.51. The molecule has 0 rings (SSSR count). The van der Waals surface area contributed by atoms with Crippen LogP contribution in [0, 0.1) is 0 Å². The molecule has 0 amide bonds. The second-order valence-corrected chi connectivity index (χ2v) is 5.00. The number of hydrogen-bond donors (Lipinski definition) is 5. The van der Waals surface area contributed by atoms with Crippen molar-refractivity contribution >= 4 is 45.2 Å². The Hall–Kier alpha value is 1.18. The molecule has 0 bridgehead atoms.